The summed E-state index contributed by atoms with van der Waals surface area (Å²) in [6, 6.07) is 2.50. The van der Waals surface area contributed by atoms with Gasteiger partial charge < -0.3 is 10.4 Å². The predicted octanol–water partition coefficient (Wildman–Crippen LogP) is 2.57. The number of fused-ring (bicyclic) bond motifs is 1. The number of phenols is 1. The summed E-state index contributed by atoms with van der Waals surface area (Å²) in [5, 5.41) is 43.6. The van der Waals surface area contributed by atoms with E-state index in [1.165, 1.54) is 25.7 Å². The van der Waals surface area contributed by atoms with Crippen molar-refractivity contribution in [2.45, 2.75) is 37.8 Å². The van der Waals surface area contributed by atoms with Crippen molar-refractivity contribution in [3.8, 4) is 5.75 Å². The molecule has 3 rings (SSSR count). The van der Waals surface area contributed by atoms with Crippen molar-refractivity contribution in [1.29, 1.82) is 0 Å². The lowest BCUT2D eigenvalue weighted by atomic mass is 10.1. The van der Waals surface area contributed by atoms with Crippen LogP contribution in [0.1, 0.15) is 25.7 Å². The number of nitrogens with one attached hydrogen (secondary N) is 1. The van der Waals surface area contributed by atoms with Crippen LogP contribution in [0.25, 0.3) is 0 Å². The van der Waals surface area contributed by atoms with Gasteiger partial charge in [-0.25, -0.2) is 0 Å². The highest BCUT2D eigenvalue weighted by molar-refractivity contribution is 5.64. The van der Waals surface area contributed by atoms with Gasteiger partial charge in [-0.15, -0.1) is 0 Å². The number of benzene rings is 1. The van der Waals surface area contributed by atoms with Crippen LogP contribution in [0, 0.1) is 30.3 Å². The molecule has 25 heavy (non-hydrogen) atoms. The molecular weight excluding hydrogens is 336 g/mol. The van der Waals surface area contributed by atoms with Crippen LogP contribution in [-0.2, 0) is 0 Å². The maximum atomic E-state index is 10.4. The lowest BCUT2D eigenvalue weighted by molar-refractivity contribution is -0.404. The average molecular weight is 352 g/mol. The van der Waals surface area contributed by atoms with Crippen molar-refractivity contribution in [1.82, 2.24) is 5.32 Å². The molecule has 1 aromatic carbocycles. The van der Waals surface area contributed by atoms with Crippen LogP contribution in [-0.4, -0.2) is 32.0 Å². The Morgan fingerprint density at radius 3 is 2.12 bits per heavy atom. The van der Waals surface area contributed by atoms with E-state index in [1.807, 2.05) is 0 Å². The van der Waals surface area contributed by atoms with Gasteiger partial charge in [0.1, 0.15) is 0 Å². The second-order valence-electron chi connectivity index (χ2n) is 5.62. The molecule has 134 valence electrons. The summed E-state index contributed by atoms with van der Waals surface area (Å²) in [5.41, 5.74) is -3.00. The van der Waals surface area contributed by atoms with Crippen molar-refractivity contribution in [3.63, 3.8) is 0 Å². The molecule has 2 atom stereocenters. The average Bonchev–Trinajstić information content (AvgIpc) is 3.24. The van der Waals surface area contributed by atoms with E-state index in [0.717, 1.165) is 12.1 Å². The Hall–Kier alpha value is -3.08. The van der Waals surface area contributed by atoms with Gasteiger partial charge in [0.25, 0.3) is 11.4 Å². The van der Waals surface area contributed by atoms with E-state index in [-0.39, 0.29) is 0 Å². The minimum atomic E-state index is -1.21. The number of non-ortho nitro benzene ring substituents is 1. The highest BCUT2D eigenvalue weighted by Gasteiger charge is 2.33. The second-order valence-corrected chi connectivity index (χ2v) is 5.62. The van der Waals surface area contributed by atoms with E-state index in [0.29, 0.717) is 12.1 Å². The molecular formula is C14H16N4O7. The molecule has 1 aliphatic carbocycles. The number of hydrogen-bond acceptors (Lipinski definition) is 8. The molecule has 0 bridgehead atoms. The van der Waals surface area contributed by atoms with Gasteiger partial charge in [0.2, 0.25) is 0 Å². The predicted molar refractivity (Wildman–Crippen MR) is 86.4 cm³/mol. The molecule has 1 saturated heterocycles. The minimum Gasteiger partial charge on any atom is -0.497 e. The number of hydrogen-bond donors (Lipinski definition) is 2. The third kappa shape index (κ3) is 4.70. The largest absolute Gasteiger partial charge is 0.497 e. The molecule has 2 unspecified atom stereocenters. The van der Waals surface area contributed by atoms with Crippen LogP contribution >= 0.6 is 0 Å². The summed E-state index contributed by atoms with van der Waals surface area (Å²) >= 11 is 0. The highest BCUT2D eigenvalue weighted by atomic mass is 16.6. The highest BCUT2D eigenvalue weighted by Crippen LogP contribution is 2.38. The minimum absolute atomic E-state index is 0.447. The van der Waals surface area contributed by atoms with E-state index >= 15 is 0 Å². The number of allylic oxidation sites excluding steroid dienone is 1. The van der Waals surface area contributed by atoms with Crippen molar-refractivity contribution in [2.75, 3.05) is 0 Å². The number of aromatic hydroxyl groups is 1. The molecule has 1 aliphatic heterocycles. The summed E-state index contributed by atoms with van der Waals surface area (Å²) in [4.78, 5) is 27.8. The lowest BCUT2D eigenvalue weighted by Crippen LogP contribution is -1.97. The molecule has 0 saturated carbocycles. The molecule has 11 heteroatoms. The number of rotatable bonds is 3. The van der Waals surface area contributed by atoms with Gasteiger partial charge in [-0.1, -0.05) is 18.6 Å². The van der Waals surface area contributed by atoms with Crippen LogP contribution in [0.2, 0.25) is 0 Å². The van der Waals surface area contributed by atoms with E-state index in [1.54, 1.807) is 0 Å². The Balaban J connectivity index is 0.000000208. The summed E-state index contributed by atoms with van der Waals surface area (Å²) in [5.74, 6) is -1.21. The first-order valence-corrected chi connectivity index (χ1v) is 7.54. The zero-order valence-electron chi connectivity index (χ0n) is 13.0. The smallest absolute Gasteiger partial charge is 0.324 e. The Morgan fingerprint density at radius 1 is 1.00 bits per heavy atom. The molecule has 0 spiro atoms. The Labute approximate surface area is 141 Å². The summed E-state index contributed by atoms with van der Waals surface area (Å²) in [6.07, 6.45) is 10.1. The van der Waals surface area contributed by atoms with E-state index in [9.17, 15) is 30.3 Å². The zero-order valence-corrected chi connectivity index (χ0v) is 13.0. The first kappa shape index (κ1) is 18.3. The Morgan fingerprint density at radius 2 is 1.60 bits per heavy atom. The Kier molecular flexibility index (Phi) is 5.60. The summed E-state index contributed by atoms with van der Waals surface area (Å²) in [6.45, 7) is 0. The van der Waals surface area contributed by atoms with Crippen molar-refractivity contribution in [2.24, 2.45) is 0 Å². The van der Waals surface area contributed by atoms with Gasteiger partial charge >= 0.3 is 11.4 Å². The first-order chi connectivity index (χ1) is 11.8. The van der Waals surface area contributed by atoms with Gasteiger partial charge in [-0.05, 0) is 19.3 Å². The standard InChI is InChI=1S/C8H13N.C6H3N3O7/c1-2-4-6-8-7(9-8)5-3-1;10-6-4(8(13)14)1-3(7(11)12)2-5(6)9(15)16/h3,5,7-9H,1-2,4,6H2;1-2,10H. The third-order valence-electron chi connectivity index (χ3n) is 3.87. The maximum Gasteiger partial charge on any atom is 0.324 e. The zero-order chi connectivity index (χ0) is 18.6. The maximum absolute atomic E-state index is 10.4. The SMILES string of the molecule is C1=CC2NC2CCCC1.O=[N+]([O-])c1cc([N+](=O)[O-])c(O)c([N+](=O)[O-])c1. The van der Waals surface area contributed by atoms with Crippen LogP contribution in [0.3, 0.4) is 0 Å². The number of nitrogens with zero attached hydrogens (tertiary/aromatic N) is 3. The van der Waals surface area contributed by atoms with Crippen LogP contribution < -0.4 is 5.32 Å². The van der Waals surface area contributed by atoms with Gasteiger partial charge in [0, 0.05) is 12.1 Å². The molecule has 2 N–H and O–H groups in total. The Bertz CT molecular complexity index is 699. The number of nitro groups is 3. The lowest BCUT2D eigenvalue weighted by Gasteiger charge is -1.97. The van der Waals surface area contributed by atoms with Crippen LogP contribution in [0.4, 0.5) is 17.1 Å². The van der Waals surface area contributed by atoms with E-state index in [2.05, 4.69) is 17.5 Å². The molecule has 1 fully saturated rings. The summed E-state index contributed by atoms with van der Waals surface area (Å²) < 4.78 is 0. The fraction of sp³-hybridized carbons (Fsp3) is 0.429. The van der Waals surface area contributed by atoms with Gasteiger partial charge in [0.05, 0.1) is 26.9 Å². The van der Waals surface area contributed by atoms with Crippen molar-refractivity contribution in [3.05, 3.63) is 54.6 Å². The molecule has 2 aliphatic rings. The second kappa shape index (κ2) is 7.66. The first-order valence-electron chi connectivity index (χ1n) is 7.54. The molecule has 0 radical (unpaired) electrons. The quantitative estimate of drug-likeness (QED) is 0.361. The topological polar surface area (TPSA) is 172 Å². The summed E-state index contributed by atoms with van der Waals surface area (Å²) in [7, 11) is 0. The normalized spacial score (nSPS) is 21.0. The van der Waals surface area contributed by atoms with Crippen LogP contribution in [0.15, 0.2) is 24.3 Å². The molecule has 1 heterocycles. The van der Waals surface area contributed by atoms with Crippen molar-refractivity contribution < 1.29 is 19.9 Å². The van der Waals surface area contributed by atoms with Gasteiger partial charge in [-0.2, -0.15) is 0 Å². The monoisotopic (exact) mass is 352 g/mol. The van der Waals surface area contributed by atoms with Crippen molar-refractivity contribution >= 4 is 17.1 Å². The fourth-order valence-corrected chi connectivity index (χ4v) is 2.49. The molecule has 0 aromatic heterocycles. The van der Waals surface area contributed by atoms with Crippen LogP contribution in [0.5, 0.6) is 5.75 Å². The molecule has 1 aromatic rings. The van der Waals surface area contributed by atoms with Gasteiger partial charge in [0.15, 0.2) is 0 Å². The van der Waals surface area contributed by atoms with E-state index < -0.39 is 37.6 Å². The molecule has 11 nitrogen and oxygen atoms in total. The van der Waals surface area contributed by atoms with Gasteiger partial charge in [-0.3, -0.25) is 30.3 Å². The van der Waals surface area contributed by atoms with E-state index in [4.69, 9.17) is 5.11 Å². The number of phenolic OH excluding ortho intramolecular Hbond substituents is 1. The number of nitro benzene ring substituents is 3. The third-order valence-corrected chi connectivity index (χ3v) is 3.87. The fourth-order valence-electron chi connectivity index (χ4n) is 2.49. The molecule has 0 amide bonds.